The Morgan fingerprint density at radius 1 is 1.10 bits per heavy atom. The highest BCUT2D eigenvalue weighted by Crippen LogP contribution is 2.13. The predicted molar refractivity (Wildman–Crippen MR) is 84.7 cm³/mol. The van der Waals surface area contributed by atoms with Crippen molar-refractivity contribution in [3.63, 3.8) is 0 Å². The maximum atomic E-state index is 12.2. The van der Waals surface area contributed by atoms with Crippen molar-refractivity contribution in [1.82, 2.24) is 5.32 Å². The maximum absolute atomic E-state index is 12.2. The van der Waals surface area contributed by atoms with Crippen LogP contribution >= 0.6 is 0 Å². The topological polar surface area (TPSA) is 38.3 Å². The molecule has 2 aromatic carbocycles. The summed E-state index contributed by atoms with van der Waals surface area (Å²) in [5.74, 6) is 0.809. The largest absolute Gasteiger partial charge is 0.494 e. The fourth-order valence-corrected chi connectivity index (χ4v) is 2.22. The van der Waals surface area contributed by atoms with Gasteiger partial charge in [-0.25, -0.2) is 0 Å². The standard InChI is InChI=1S/C18H21NO2/c1-4-21-16-8-6-15(7-9-16)12-19-18(20)17-10-5-13(2)11-14(17)3/h5-11H,4,12H2,1-3H3,(H,19,20). The van der Waals surface area contributed by atoms with E-state index in [-0.39, 0.29) is 5.91 Å². The number of benzene rings is 2. The normalized spacial score (nSPS) is 10.2. The molecule has 0 saturated carbocycles. The number of hydrogen-bond donors (Lipinski definition) is 1. The molecule has 0 spiro atoms. The number of amides is 1. The Balaban J connectivity index is 1.97. The van der Waals surface area contributed by atoms with Crippen LogP contribution in [0.2, 0.25) is 0 Å². The first-order valence-electron chi connectivity index (χ1n) is 7.17. The first kappa shape index (κ1) is 15.1. The van der Waals surface area contributed by atoms with Crippen LogP contribution in [0.25, 0.3) is 0 Å². The third-order valence-electron chi connectivity index (χ3n) is 3.31. The summed E-state index contributed by atoms with van der Waals surface area (Å²) in [4.78, 5) is 12.2. The van der Waals surface area contributed by atoms with Gasteiger partial charge in [0.25, 0.3) is 5.91 Å². The minimum absolute atomic E-state index is 0.0404. The highest BCUT2D eigenvalue weighted by Gasteiger charge is 2.08. The van der Waals surface area contributed by atoms with E-state index in [1.165, 1.54) is 0 Å². The van der Waals surface area contributed by atoms with Gasteiger partial charge in [-0.1, -0.05) is 29.8 Å². The van der Waals surface area contributed by atoms with Crippen LogP contribution < -0.4 is 10.1 Å². The summed E-state index contributed by atoms with van der Waals surface area (Å²) < 4.78 is 5.40. The van der Waals surface area contributed by atoms with E-state index >= 15 is 0 Å². The van der Waals surface area contributed by atoms with E-state index in [2.05, 4.69) is 5.32 Å². The summed E-state index contributed by atoms with van der Waals surface area (Å²) >= 11 is 0. The molecule has 21 heavy (non-hydrogen) atoms. The quantitative estimate of drug-likeness (QED) is 0.910. The van der Waals surface area contributed by atoms with E-state index in [0.717, 1.165) is 28.0 Å². The number of nitrogens with one attached hydrogen (secondary N) is 1. The molecule has 0 aromatic heterocycles. The zero-order valence-corrected chi connectivity index (χ0v) is 12.8. The van der Waals surface area contributed by atoms with Crippen molar-refractivity contribution in [3.8, 4) is 5.75 Å². The van der Waals surface area contributed by atoms with Gasteiger partial charge in [-0.05, 0) is 50.1 Å². The van der Waals surface area contributed by atoms with Crippen molar-refractivity contribution in [3.05, 3.63) is 64.7 Å². The Morgan fingerprint density at radius 2 is 1.81 bits per heavy atom. The molecule has 0 heterocycles. The third kappa shape index (κ3) is 4.09. The smallest absolute Gasteiger partial charge is 0.251 e. The van der Waals surface area contributed by atoms with Crippen molar-refractivity contribution in [2.75, 3.05) is 6.61 Å². The zero-order valence-electron chi connectivity index (χ0n) is 12.8. The van der Waals surface area contributed by atoms with Gasteiger partial charge in [-0.15, -0.1) is 0 Å². The van der Waals surface area contributed by atoms with Crippen LogP contribution in [0.3, 0.4) is 0 Å². The van der Waals surface area contributed by atoms with Crippen molar-refractivity contribution >= 4 is 5.91 Å². The molecule has 0 bridgehead atoms. The summed E-state index contributed by atoms with van der Waals surface area (Å²) in [5, 5.41) is 2.95. The molecular formula is C18H21NO2. The van der Waals surface area contributed by atoms with E-state index in [4.69, 9.17) is 4.74 Å². The summed E-state index contributed by atoms with van der Waals surface area (Å²) in [6.45, 7) is 7.10. The average Bonchev–Trinajstić information content (AvgIpc) is 2.46. The number of aryl methyl sites for hydroxylation is 2. The number of ether oxygens (including phenoxy) is 1. The van der Waals surface area contributed by atoms with E-state index in [0.29, 0.717) is 13.2 Å². The third-order valence-corrected chi connectivity index (χ3v) is 3.31. The van der Waals surface area contributed by atoms with Gasteiger partial charge in [0.15, 0.2) is 0 Å². The number of hydrogen-bond acceptors (Lipinski definition) is 2. The summed E-state index contributed by atoms with van der Waals surface area (Å²) in [7, 11) is 0. The number of carbonyl (C=O) groups is 1. The zero-order chi connectivity index (χ0) is 15.2. The van der Waals surface area contributed by atoms with Crippen LogP contribution in [-0.2, 0) is 6.54 Å². The molecule has 0 saturated heterocycles. The molecule has 1 amide bonds. The lowest BCUT2D eigenvalue weighted by Crippen LogP contribution is -2.23. The van der Waals surface area contributed by atoms with Crippen molar-refractivity contribution in [2.24, 2.45) is 0 Å². The Morgan fingerprint density at radius 3 is 2.43 bits per heavy atom. The van der Waals surface area contributed by atoms with Crippen LogP contribution in [0.5, 0.6) is 5.75 Å². The molecule has 3 heteroatoms. The Bertz CT molecular complexity index is 618. The molecule has 0 unspecified atom stereocenters. The molecule has 2 rings (SSSR count). The average molecular weight is 283 g/mol. The van der Waals surface area contributed by atoms with Crippen LogP contribution in [0.1, 0.15) is 34.0 Å². The number of rotatable bonds is 5. The molecule has 0 fully saturated rings. The van der Waals surface area contributed by atoms with Gasteiger partial charge in [-0.3, -0.25) is 4.79 Å². The van der Waals surface area contributed by atoms with Crippen LogP contribution in [0, 0.1) is 13.8 Å². The van der Waals surface area contributed by atoms with E-state index < -0.39 is 0 Å². The van der Waals surface area contributed by atoms with Gasteiger partial charge in [0.05, 0.1) is 6.61 Å². The molecule has 2 aromatic rings. The van der Waals surface area contributed by atoms with Crippen molar-refractivity contribution in [2.45, 2.75) is 27.3 Å². The van der Waals surface area contributed by atoms with Crippen molar-refractivity contribution < 1.29 is 9.53 Å². The van der Waals surface area contributed by atoms with E-state index in [1.54, 1.807) is 0 Å². The fraction of sp³-hybridized carbons (Fsp3) is 0.278. The molecular weight excluding hydrogens is 262 g/mol. The van der Waals surface area contributed by atoms with Crippen molar-refractivity contribution in [1.29, 1.82) is 0 Å². The van der Waals surface area contributed by atoms with Gasteiger partial charge in [-0.2, -0.15) is 0 Å². The Hall–Kier alpha value is -2.29. The maximum Gasteiger partial charge on any atom is 0.251 e. The fourth-order valence-electron chi connectivity index (χ4n) is 2.22. The van der Waals surface area contributed by atoms with Gasteiger partial charge >= 0.3 is 0 Å². The Labute approximate surface area is 126 Å². The summed E-state index contributed by atoms with van der Waals surface area (Å²) in [6.07, 6.45) is 0. The molecule has 3 nitrogen and oxygen atoms in total. The van der Waals surface area contributed by atoms with Gasteiger partial charge < -0.3 is 10.1 Å². The second-order valence-corrected chi connectivity index (χ2v) is 5.08. The molecule has 1 N–H and O–H groups in total. The molecule has 0 aliphatic heterocycles. The van der Waals surface area contributed by atoms with E-state index in [9.17, 15) is 4.79 Å². The molecule has 0 aliphatic carbocycles. The van der Waals surface area contributed by atoms with Gasteiger partial charge in [0, 0.05) is 12.1 Å². The Kier molecular flexibility index (Phi) is 4.99. The number of carbonyl (C=O) groups excluding carboxylic acids is 1. The lowest BCUT2D eigenvalue weighted by atomic mass is 10.1. The molecule has 0 radical (unpaired) electrons. The summed E-state index contributed by atoms with van der Waals surface area (Å²) in [6, 6.07) is 13.6. The predicted octanol–water partition coefficient (Wildman–Crippen LogP) is 3.63. The SMILES string of the molecule is CCOc1ccc(CNC(=O)c2ccc(C)cc2C)cc1. The molecule has 0 aliphatic rings. The highest BCUT2D eigenvalue weighted by molar-refractivity contribution is 5.95. The van der Waals surface area contributed by atoms with Crippen LogP contribution in [0.4, 0.5) is 0 Å². The second-order valence-electron chi connectivity index (χ2n) is 5.08. The van der Waals surface area contributed by atoms with Crippen LogP contribution in [-0.4, -0.2) is 12.5 Å². The van der Waals surface area contributed by atoms with E-state index in [1.807, 2.05) is 63.2 Å². The minimum atomic E-state index is -0.0404. The molecule has 110 valence electrons. The second kappa shape index (κ2) is 6.93. The van der Waals surface area contributed by atoms with Gasteiger partial charge in [0.1, 0.15) is 5.75 Å². The van der Waals surface area contributed by atoms with Crippen LogP contribution in [0.15, 0.2) is 42.5 Å². The summed E-state index contributed by atoms with van der Waals surface area (Å²) in [5.41, 5.74) is 3.94. The lowest BCUT2D eigenvalue weighted by Gasteiger charge is -2.09. The van der Waals surface area contributed by atoms with Gasteiger partial charge in [0.2, 0.25) is 0 Å². The highest BCUT2D eigenvalue weighted by atomic mass is 16.5. The monoisotopic (exact) mass is 283 g/mol. The molecule has 0 atom stereocenters. The first-order valence-corrected chi connectivity index (χ1v) is 7.17. The first-order chi connectivity index (χ1) is 10.1. The lowest BCUT2D eigenvalue weighted by molar-refractivity contribution is 0.0950. The minimum Gasteiger partial charge on any atom is -0.494 e.